The van der Waals surface area contributed by atoms with E-state index in [4.69, 9.17) is 5.11 Å². The third-order valence-corrected chi connectivity index (χ3v) is 2.51. The smallest absolute Gasteiger partial charge is 0.104 e. The second kappa shape index (κ2) is 4.99. The van der Waals surface area contributed by atoms with Crippen LogP contribution in [0.3, 0.4) is 0 Å². The van der Waals surface area contributed by atoms with E-state index in [-0.39, 0.29) is 6.61 Å². The lowest BCUT2D eigenvalue weighted by Crippen LogP contribution is -2.02. The van der Waals surface area contributed by atoms with Crippen LogP contribution in [0.5, 0.6) is 0 Å². The van der Waals surface area contributed by atoms with Crippen molar-refractivity contribution in [1.29, 1.82) is 0 Å². The van der Waals surface area contributed by atoms with Gasteiger partial charge in [-0.1, -0.05) is 0 Å². The summed E-state index contributed by atoms with van der Waals surface area (Å²) in [5.74, 6) is 0.937. The molecule has 0 saturated heterocycles. The highest BCUT2D eigenvalue weighted by atomic mass is 16.2. The summed E-state index contributed by atoms with van der Waals surface area (Å²) in [6, 6.07) is 6.10. The van der Waals surface area contributed by atoms with Crippen LogP contribution in [-0.4, -0.2) is 28.2 Å². The summed E-state index contributed by atoms with van der Waals surface area (Å²) >= 11 is 0. The number of rotatable bonds is 5. The summed E-state index contributed by atoms with van der Waals surface area (Å²) < 4.78 is 0. The fraction of sp³-hybridized carbons (Fsp3) is 0.417. The van der Waals surface area contributed by atoms with Crippen molar-refractivity contribution in [3.8, 4) is 0 Å². The molecule has 2 aromatic rings. The van der Waals surface area contributed by atoms with E-state index in [9.17, 15) is 0 Å². The topological polar surface area (TPSA) is 60.9 Å². The molecule has 86 valence electrons. The maximum absolute atomic E-state index is 8.67. The molecule has 0 amide bonds. The number of imidazole rings is 1. The van der Waals surface area contributed by atoms with E-state index in [1.54, 1.807) is 0 Å². The van der Waals surface area contributed by atoms with Crippen LogP contribution < -0.4 is 5.32 Å². The number of fused-ring (bicyclic) bond motifs is 1. The lowest BCUT2D eigenvalue weighted by Gasteiger charge is -2.05. The number of nitrogens with zero attached hydrogens (tertiary/aromatic N) is 1. The van der Waals surface area contributed by atoms with Gasteiger partial charge in [0.05, 0.1) is 11.0 Å². The summed E-state index contributed by atoms with van der Waals surface area (Å²) in [6.07, 6.45) is 1.83. The first-order valence-electron chi connectivity index (χ1n) is 5.61. The highest BCUT2D eigenvalue weighted by Crippen LogP contribution is 2.16. The second-order valence-corrected chi connectivity index (χ2v) is 3.91. The Morgan fingerprint density at radius 1 is 1.38 bits per heavy atom. The lowest BCUT2D eigenvalue weighted by atomic mass is 10.2. The lowest BCUT2D eigenvalue weighted by molar-refractivity contribution is 0.286. The fourth-order valence-corrected chi connectivity index (χ4v) is 1.72. The van der Waals surface area contributed by atoms with Crippen LogP contribution in [0.15, 0.2) is 18.2 Å². The van der Waals surface area contributed by atoms with Crippen molar-refractivity contribution >= 4 is 16.7 Å². The van der Waals surface area contributed by atoms with E-state index in [0.717, 1.165) is 41.9 Å². The number of aryl methyl sites for hydroxylation is 1. The Morgan fingerprint density at radius 3 is 3.06 bits per heavy atom. The minimum atomic E-state index is 0.264. The Morgan fingerprint density at radius 2 is 2.25 bits per heavy atom. The molecule has 1 aromatic heterocycles. The van der Waals surface area contributed by atoms with Gasteiger partial charge in [-0.3, -0.25) is 0 Å². The predicted octanol–water partition coefficient (Wildman–Crippen LogP) is 2.06. The average molecular weight is 219 g/mol. The second-order valence-electron chi connectivity index (χ2n) is 3.91. The van der Waals surface area contributed by atoms with Crippen molar-refractivity contribution in [2.45, 2.75) is 19.8 Å². The SMILES string of the molecule is Cc1nc2ccc(NCCCCO)cc2[nH]1. The van der Waals surface area contributed by atoms with Crippen molar-refractivity contribution in [3.63, 3.8) is 0 Å². The largest absolute Gasteiger partial charge is 0.396 e. The van der Waals surface area contributed by atoms with Gasteiger partial charge in [0.25, 0.3) is 0 Å². The standard InChI is InChI=1S/C12H17N3O/c1-9-14-11-5-4-10(8-12(11)15-9)13-6-2-3-7-16/h4-5,8,13,16H,2-3,6-7H2,1H3,(H,14,15). The predicted molar refractivity (Wildman–Crippen MR) is 65.6 cm³/mol. The zero-order valence-electron chi connectivity index (χ0n) is 9.45. The summed E-state index contributed by atoms with van der Waals surface area (Å²) in [7, 11) is 0. The number of nitrogens with one attached hydrogen (secondary N) is 2. The summed E-state index contributed by atoms with van der Waals surface area (Å²) in [6.45, 7) is 3.11. The molecule has 3 N–H and O–H groups in total. The molecule has 4 heteroatoms. The average Bonchev–Trinajstić information content (AvgIpc) is 2.64. The van der Waals surface area contributed by atoms with Crippen molar-refractivity contribution < 1.29 is 5.11 Å². The van der Waals surface area contributed by atoms with E-state index < -0.39 is 0 Å². The van der Waals surface area contributed by atoms with Crippen LogP contribution in [0.25, 0.3) is 11.0 Å². The fourth-order valence-electron chi connectivity index (χ4n) is 1.72. The molecule has 0 radical (unpaired) electrons. The van der Waals surface area contributed by atoms with E-state index in [1.807, 2.05) is 19.1 Å². The Hall–Kier alpha value is -1.55. The van der Waals surface area contributed by atoms with Crippen LogP contribution in [-0.2, 0) is 0 Å². The molecule has 0 saturated carbocycles. The molecule has 2 rings (SSSR count). The molecule has 0 spiro atoms. The van der Waals surface area contributed by atoms with Crippen molar-refractivity contribution in [3.05, 3.63) is 24.0 Å². The first kappa shape index (κ1) is 11.0. The molecular weight excluding hydrogens is 202 g/mol. The van der Waals surface area contributed by atoms with Crippen LogP contribution in [0.4, 0.5) is 5.69 Å². The summed E-state index contributed by atoms with van der Waals surface area (Å²) in [5, 5.41) is 12.0. The molecule has 1 heterocycles. The number of H-pyrrole nitrogens is 1. The van der Waals surface area contributed by atoms with Crippen LogP contribution in [0.2, 0.25) is 0 Å². The van der Waals surface area contributed by atoms with Gasteiger partial charge in [-0.25, -0.2) is 4.98 Å². The maximum Gasteiger partial charge on any atom is 0.104 e. The Labute approximate surface area is 94.7 Å². The molecule has 0 aliphatic rings. The highest BCUT2D eigenvalue weighted by molar-refractivity contribution is 5.79. The number of aromatic nitrogens is 2. The highest BCUT2D eigenvalue weighted by Gasteiger charge is 1.99. The number of hydrogen-bond donors (Lipinski definition) is 3. The maximum atomic E-state index is 8.67. The third kappa shape index (κ3) is 2.52. The normalized spacial score (nSPS) is 10.9. The number of unbranched alkanes of at least 4 members (excludes halogenated alkanes) is 1. The number of aliphatic hydroxyl groups is 1. The molecule has 0 bridgehead atoms. The molecule has 4 nitrogen and oxygen atoms in total. The van der Waals surface area contributed by atoms with Crippen molar-refractivity contribution in [2.24, 2.45) is 0 Å². The van der Waals surface area contributed by atoms with Gasteiger partial charge in [-0.05, 0) is 38.0 Å². The van der Waals surface area contributed by atoms with Gasteiger partial charge in [0.15, 0.2) is 0 Å². The van der Waals surface area contributed by atoms with Gasteiger partial charge in [-0.2, -0.15) is 0 Å². The summed E-state index contributed by atoms with van der Waals surface area (Å²) in [5.41, 5.74) is 3.15. The van der Waals surface area contributed by atoms with Crippen LogP contribution in [0, 0.1) is 6.92 Å². The molecule has 0 atom stereocenters. The minimum absolute atomic E-state index is 0.264. The minimum Gasteiger partial charge on any atom is -0.396 e. The van der Waals surface area contributed by atoms with Crippen molar-refractivity contribution in [1.82, 2.24) is 9.97 Å². The van der Waals surface area contributed by atoms with Gasteiger partial charge in [0.1, 0.15) is 5.82 Å². The monoisotopic (exact) mass is 219 g/mol. The Balaban J connectivity index is 2.02. The van der Waals surface area contributed by atoms with Crippen molar-refractivity contribution in [2.75, 3.05) is 18.5 Å². The van der Waals surface area contributed by atoms with Gasteiger partial charge in [0.2, 0.25) is 0 Å². The molecule has 1 aromatic carbocycles. The number of anilines is 1. The molecule has 0 fully saturated rings. The number of aromatic amines is 1. The van der Waals surface area contributed by atoms with Gasteiger partial charge < -0.3 is 15.4 Å². The van der Waals surface area contributed by atoms with Gasteiger partial charge >= 0.3 is 0 Å². The quantitative estimate of drug-likeness (QED) is 0.674. The summed E-state index contributed by atoms with van der Waals surface area (Å²) in [4.78, 5) is 7.56. The van der Waals surface area contributed by atoms with E-state index in [1.165, 1.54) is 0 Å². The first-order valence-corrected chi connectivity index (χ1v) is 5.61. The zero-order valence-corrected chi connectivity index (χ0v) is 9.45. The number of benzene rings is 1. The molecule has 0 unspecified atom stereocenters. The van der Waals surface area contributed by atoms with E-state index in [0.29, 0.717) is 0 Å². The van der Waals surface area contributed by atoms with Gasteiger partial charge in [0, 0.05) is 18.8 Å². The number of hydrogen-bond acceptors (Lipinski definition) is 3. The molecule has 0 aliphatic carbocycles. The Kier molecular flexibility index (Phi) is 3.41. The van der Waals surface area contributed by atoms with Gasteiger partial charge in [-0.15, -0.1) is 0 Å². The van der Waals surface area contributed by atoms with Crippen LogP contribution in [0.1, 0.15) is 18.7 Å². The number of aliphatic hydroxyl groups excluding tert-OH is 1. The van der Waals surface area contributed by atoms with E-state index in [2.05, 4.69) is 21.4 Å². The third-order valence-electron chi connectivity index (χ3n) is 2.51. The molecule has 0 aliphatic heterocycles. The molecular formula is C12H17N3O. The first-order chi connectivity index (χ1) is 7.79. The van der Waals surface area contributed by atoms with E-state index >= 15 is 0 Å². The zero-order chi connectivity index (χ0) is 11.4. The van der Waals surface area contributed by atoms with Crippen LogP contribution >= 0.6 is 0 Å². The Bertz CT molecular complexity index is 464. The molecule has 16 heavy (non-hydrogen) atoms.